The highest BCUT2D eigenvalue weighted by Crippen LogP contribution is 2.47. The number of allylic oxidation sites excluding steroid dienone is 1. The van der Waals surface area contributed by atoms with Gasteiger partial charge in [0.25, 0.3) is 0 Å². The van der Waals surface area contributed by atoms with Crippen LogP contribution in [0.25, 0.3) is 16.6 Å². The molecule has 3 heterocycles. The summed E-state index contributed by atoms with van der Waals surface area (Å²) in [4.78, 5) is 28.0. The number of ether oxygens (including phenoxy) is 1. The Hall–Kier alpha value is -4.19. The van der Waals surface area contributed by atoms with Crippen LogP contribution in [0, 0.1) is 16.7 Å². The molecule has 2 aromatic heterocycles. The molecule has 0 radical (unpaired) electrons. The summed E-state index contributed by atoms with van der Waals surface area (Å²) in [5.41, 5.74) is 9.79. The van der Waals surface area contributed by atoms with Gasteiger partial charge in [-0.15, -0.1) is 0 Å². The molecule has 2 N–H and O–H groups in total. The van der Waals surface area contributed by atoms with Crippen LogP contribution in [0.15, 0.2) is 53.9 Å². The monoisotopic (exact) mass is 497 g/mol. The highest BCUT2D eigenvalue weighted by atomic mass is 16.6. The van der Waals surface area contributed by atoms with Crippen molar-refractivity contribution in [2.24, 2.45) is 16.1 Å². The van der Waals surface area contributed by atoms with Crippen LogP contribution in [0.2, 0.25) is 0 Å². The SMILES string of the molecule is CN=CC(=CN)c1cccc(CN2C[C@]3(CCC[C@](C)(Cn4cnc5ccc(C#N)cc54)C3)OC2=O)n1. The van der Waals surface area contributed by atoms with E-state index >= 15 is 0 Å². The molecule has 3 aromatic rings. The number of benzene rings is 1. The lowest BCUT2D eigenvalue weighted by atomic mass is 9.68. The minimum Gasteiger partial charge on any atom is -0.441 e. The second kappa shape index (κ2) is 9.69. The number of hydrogen-bond acceptors (Lipinski definition) is 7. The number of amides is 1. The fraction of sp³-hybridized carbons (Fsp3) is 0.393. The molecule has 1 aliphatic carbocycles. The summed E-state index contributed by atoms with van der Waals surface area (Å²) < 4.78 is 8.22. The molecule has 5 rings (SSSR count). The summed E-state index contributed by atoms with van der Waals surface area (Å²) in [6.45, 7) is 3.90. The minimum absolute atomic E-state index is 0.0801. The third-order valence-corrected chi connectivity index (χ3v) is 7.41. The van der Waals surface area contributed by atoms with Crippen molar-refractivity contribution >= 4 is 28.9 Å². The Labute approximate surface area is 216 Å². The zero-order valence-electron chi connectivity index (χ0n) is 21.2. The molecule has 1 spiro atoms. The van der Waals surface area contributed by atoms with Crippen LogP contribution in [-0.4, -0.2) is 50.9 Å². The maximum absolute atomic E-state index is 13.0. The number of hydrogen-bond donors (Lipinski definition) is 1. The van der Waals surface area contributed by atoms with Gasteiger partial charge in [-0.1, -0.05) is 13.0 Å². The van der Waals surface area contributed by atoms with Crippen molar-refractivity contribution in [1.82, 2.24) is 19.4 Å². The third kappa shape index (κ3) is 4.92. The normalized spacial score (nSPS) is 24.2. The van der Waals surface area contributed by atoms with E-state index in [0.29, 0.717) is 24.3 Å². The highest BCUT2D eigenvalue weighted by Gasteiger charge is 2.51. The summed E-state index contributed by atoms with van der Waals surface area (Å²) in [5.74, 6) is 0. The van der Waals surface area contributed by atoms with E-state index in [1.807, 2.05) is 36.7 Å². The number of aromatic nitrogens is 3. The van der Waals surface area contributed by atoms with Crippen LogP contribution in [-0.2, 0) is 17.8 Å². The smallest absolute Gasteiger partial charge is 0.410 e. The van der Waals surface area contributed by atoms with Gasteiger partial charge in [-0.25, -0.2) is 9.78 Å². The third-order valence-electron chi connectivity index (χ3n) is 7.41. The average Bonchev–Trinajstić information content (AvgIpc) is 3.41. The number of rotatable bonds is 6. The van der Waals surface area contributed by atoms with E-state index in [2.05, 4.69) is 27.5 Å². The minimum atomic E-state index is -0.521. The first-order chi connectivity index (χ1) is 17.9. The van der Waals surface area contributed by atoms with Crippen LogP contribution < -0.4 is 5.73 Å². The molecule has 190 valence electrons. The second-order valence-corrected chi connectivity index (χ2v) is 10.5. The lowest BCUT2D eigenvalue weighted by molar-refractivity contribution is -0.0270. The average molecular weight is 498 g/mol. The van der Waals surface area contributed by atoms with Gasteiger partial charge in [0.15, 0.2) is 0 Å². The van der Waals surface area contributed by atoms with Crippen molar-refractivity contribution in [3.63, 3.8) is 0 Å². The molecule has 0 unspecified atom stereocenters. The molecule has 37 heavy (non-hydrogen) atoms. The van der Waals surface area contributed by atoms with Crippen LogP contribution in [0.1, 0.15) is 49.6 Å². The molecule has 2 atom stereocenters. The van der Waals surface area contributed by atoms with Gasteiger partial charge in [0.2, 0.25) is 0 Å². The standard InChI is InChI=1S/C28H31N7O2/c1-27(17-35-19-32-24-8-7-20(12-29)11-25(24)35)9-4-10-28(16-27)18-34(26(36)37-28)15-22-5-3-6-23(33-22)21(13-30)14-31-2/h3,5-8,11,13-14,19H,4,9-10,15-18,30H2,1-2H3/t27-,28+/m0/s1. The van der Waals surface area contributed by atoms with Crippen molar-refractivity contribution in [2.45, 2.75) is 51.3 Å². The van der Waals surface area contributed by atoms with E-state index in [0.717, 1.165) is 54.5 Å². The number of carbonyl (C=O) groups excluding carboxylic acids is 1. The van der Waals surface area contributed by atoms with Gasteiger partial charge >= 0.3 is 6.09 Å². The molecular formula is C28H31N7O2. The van der Waals surface area contributed by atoms with Crippen molar-refractivity contribution < 1.29 is 9.53 Å². The van der Waals surface area contributed by atoms with E-state index in [1.165, 1.54) is 6.20 Å². The molecule has 1 aliphatic heterocycles. The summed E-state index contributed by atoms with van der Waals surface area (Å²) in [6.07, 6.45) is 8.30. The Kier molecular flexibility index (Phi) is 6.42. The van der Waals surface area contributed by atoms with Crippen molar-refractivity contribution in [3.05, 3.63) is 65.9 Å². The van der Waals surface area contributed by atoms with Crippen LogP contribution in [0.3, 0.4) is 0 Å². The molecule has 9 nitrogen and oxygen atoms in total. The number of imidazole rings is 1. The number of aliphatic imine (C=N–C) groups is 1. The van der Waals surface area contributed by atoms with Gasteiger partial charge in [-0.05, 0) is 61.4 Å². The molecule has 1 saturated carbocycles. The largest absolute Gasteiger partial charge is 0.441 e. The van der Waals surface area contributed by atoms with Crippen LogP contribution in [0.4, 0.5) is 4.79 Å². The first kappa shape index (κ1) is 24.5. The fourth-order valence-corrected chi connectivity index (χ4v) is 5.88. The summed E-state index contributed by atoms with van der Waals surface area (Å²) in [5, 5.41) is 9.32. The Morgan fingerprint density at radius 3 is 2.97 bits per heavy atom. The number of carbonyl (C=O) groups is 1. The van der Waals surface area contributed by atoms with Crippen molar-refractivity contribution in [1.29, 1.82) is 5.26 Å². The van der Waals surface area contributed by atoms with E-state index in [4.69, 9.17) is 15.5 Å². The first-order valence-electron chi connectivity index (χ1n) is 12.5. The lowest BCUT2D eigenvalue weighted by Gasteiger charge is -2.43. The Morgan fingerprint density at radius 2 is 2.19 bits per heavy atom. The second-order valence-electron chi connectivity index (χ2n) is 10.5. The predicted octanol–water partition coefficient (Wildman–Crippen LogP) is 4.27. The molecule has 1 amide bonds. The number of nitriles is 1. The van der Waals surface area contributed by atoms with Gasteiger partial charge < -0.3 is 15.0 Å². The zero-order chi connectivity index (χ0) is 26.0. The molecule has 2 fully saturated rings. The maximum atomic E-state index is 13.0. The Bertz CT molecular complexity index is 1440. The van der Waals surface area contributed by atoms with Gasteiger partial charge in [0.05, 0.1) is 53.5 Å². The van der Waals surface area contributed by atoms with Gasteiger partial charge in [-0.2, -0.15) is 5.26 Å². The first-order valence-corrected chi connectivity index (χ1v) is 12.5. The van der Waals surface area contributed by atoms with E-state index < -0.39 is 5.60 Å². The molecule has 1 saturated heterocycles. The number of fused-ring (bicyclic) bond motifs is 1. The summed E-state index contributed by atoms with van der Waals surface area (Å²) in [7, 11) is 1.68. The van der Waals surface area contributed by atoms with E-state index in [1.54, 1.807) is 24.2 Å². The molecule has 9 heteroatoms. The Balaban J connectivity index is 1.32. The molecule has 0 bridgehead atoms. The molecule has 1 aromatic carbocycles. The number of nitrogens with zero attached hydrogens (tertiary/aromatic N) is 6. The molecule has 2 aliphatic rings. The van der Waals surface area contributed by atoms with Gasteiger partial charge in [0.1, 0.15) is 5.60 Å². The van der Waals surface area contributed by atoms with Gasteiger partial charge in [0, 0.05) is 31.6 Å². The van der Waals surface area contributed by atoms with E-state index in [9.17, 15) is 10.1 Å². The summed E-state index contributed by atoms with van der Waals surface area (Å²) >= 11 is 0. The molecular weight excluding hydrogens is 466 g/mol. The van der Waals surface area contributed by atoms with Gasteiger partial charge in [-0.3, -0.25) is 14.9 Å². The van der Waals surface area contributed by atoms with Crippen LogP contribution >= 0.6 is 0 Å². The quantitative estimate of drug-likeness (QED) is 0.507. The maximum Gasteiger partial charge on any atom is 0.410 e. The Morgan fingerprint density at radius 1 is 1.32 bits per heavy atom. The lowest BCUT2D eigenvalue weighted by Crippen LogP contribution is -2.44. The highest BCUT2D eigenvalue weighted by molar-refractivity contribution is 6.08. The number of pyridine rings is 1. The summed E-state index contributed by atoms with van der Waals surface area (Å²) in [6, 6.07) is 13.5. The van der Waals surface area contributed by atoms with Crippen molar-refractivity contribution in [2.75, 3.05) is 13.6 Å². The fourth-order valence-electron chi connectivity index (χ4n) is 5.88. The van der Waals surface area contributed by atoms with Crippen molar-refractivity contribution in [3.8, 4) is 6.07 Å². The van der Waals surface area contributed by atoms with E-state index in [-0.39, 0.29) is 11.5 Å². The zero-order valence-corrected chi connectivity index (χ0v) is 21.2. The topological polar surface area (TPSA) is 122 Å². The predicted molar refractivity (Wildman–Crippen MR) is 141 cm³/mol. The number of nitrogens with two attached hydrogens (primary N) is 1. The van der Waals surface area contributed by atoms with Crippen LogP contribution in [0.5, 0.6) is 0 Å².